The average molecular weight is 382 g/mol. The van der Waals surface area contributed by atoms with Gasteiger partial charge < -0.3 is 20.1 Å². The highest BCUT2D eigenvalue weighted by molar-refractivity contribution is 8.01. The quantitative estimate of drug-likeness (QED) is 0.768. The van der Waals surface area contributed by atoms with Crippen molar-refractivity contribution >= 4 is 29.5 Å². The fraction of sp³-hybridized carbons (Fsp3) is 0.471. The Morgan fingerprint density at radius 2 is 2.15 bits per heavy atom. The second-order valence-corrected chi connectivity index (χ2v) is 7.91. The summed E-state index contributed by atoms with van der Waals surface area (Å²) in [5, 5.41) is 11.8. The van der Waals surface area contributed by atoms with E-state index < -0.39 is 29.8 Å². The summed E-state index contributed by atoms with van der Waals surface area (Å²) < 4.78 is 18.2. The van der Waals surface area contributed by atoms with Gasteiger partial charge in [0.25, 0.3) is 0 Å². The minimum Gasteiger partial charge on any atom is -0.478 e. The number of rotatable bonds is 6. The molecule has 0 aliphatic carbocycles. The van der Waals surface area contributed by atoms with Crippen molar-refractivity contribution in [1.82, 2.24) is 10.2 Å². The Balaban J connectivity index is 1.60. The monoisotopic (exact) mass is 382 g/mol. The van der Waals surface area contributed by atoms with E-state index in [4.69, 9.17) is 4.74 Å². The molecule has 2 aliphatic rings. The highest BCUT2D eigenvalue weighted by Gasteiger charge is 2.52. The van der Waals surface area contributed by atoms with Crippen LogP contribution in [0.3, 0.4) is 0 Å². The van der Waals surface area contributed by atoms with E-state index in [1.54, 1.807) is 16.7 Å². The third-order valence-corrected chi connectivity index (χ3v) is 6.08. The average Bonchev–Trinajstić information content (AvgIpc) is 3.09. The summed E-state index contributed by atoms with van der Waals surface area (Å²) in [4.78, 5) is 37.2. The number of hydrogen-bond acceptors (Lipinski definition) is 5. The molecule has 7 nitrogen and oxygen atoms in total. The van der Waals surface area contributed by atoms with Crippen molar-refractivity contribution in [2.24, 2.45) is 0 Å². The van der Waals surface area contributed by atoms with Gasteiger partial charge in [0.15, 0.2) is 0 Å². The molecular weight excluding hydrogens is 363 g/mol. The number of nitrogens with one attached hydrogen (secondary N) is 1. The summed E-state index contributed by atoms with van der Waals surface area (Å²) in [5.41, 5.74) is 0. The molecule has 0 saturated carbocycles. The van der Waals surface area contributed by atoms with E-state index in [0.717, 1.165) is 12.1 Å². The van der Waals surface area contributed by atoms with Crippen molar-refractivity contribution in [3.8, 4) is 5.75 Å². The lowest BCUT2D eigenvalue weighted by molar-refractivity contribution is -0.145. The van der Waals surface area contributed by atoms with Gasteiger partial charge in [0.05, 0.1) is 11.4 Å². The normalized spacial score (nSPS) is 25.7. The molecule has 2 heterocycles. The van der Waals surface area contributed by atoms with E-state index in [0.29, 0.717) is 18.6 Å². The third kappa shape index (κ3) is 3.62. The molecule has 2 saturated heterocycles. The van der Waals surface area contributed by atoms with E-state index >= 15 is 0 Å². The molecule has 1 aromatic carbocycles. The molecule has 0 aromatic heterocycles. The number of benzene rings is 1. The predicted octanol–water partition coefficient (Wildman–Crippen LogP) is 1.23. The Morgan fingerprint density at radius 1 is 1.46 bits per heavy atom. The van der Waals surface area contributed by atoms with Crippen molar-refractivity contribution in [3.05, 3.63) is 30.1 Å². The van der Waals surface area contributed by atoms with Crippen LogP contribution in [0.25, 0.3) is 0 Å². The zero-order valence-electron chi connectivity index (χ0n) is 14.1. The Labute approximate surface area is 153 Å². The lowest BCUT2D eigenvalue weighted by atomic mass is 10.2. The van der Waals surface area contributed by atoms with Crippen molar-refractivity contribution < 1.29 is 28.6 Å². The van der Waals surface area contributed by atoms with E-state index in [9.17, 15) is 23.9 Å². The van der Waals surface area contributed by atoms with Gasteiger partial charge in [0.1, 0.15) is 17.6 Å². The van der Waals surface area contributed by atoms with Gasteiger partial charge in [0.2, 0.25) is 17.9 Å². The zero-order valence-corrected chi connectivity index (χ0v) is 14.9. The number of carboxylic acid groups (broad SMARTS) is 1. The number of fused-ring (bicyclic) bond motifs is 1. The maximum Gasteiger partial charge on any atom is 0.346 e. The molecule has 3 rings (SSSR count). The highest BCUT2D eigenvalue weighted by atomic mass is 32.2. The number of aliphatic carboxylic acids is 1. The maximum atomic E-state index is 12.9. The third-order valence-electron chi connectivity index (χ3n) is 4.58. The van der Waals surface area contributed by atoms with Crippen LogP contribution in [-0.4, -0.2) is 57.1 Å². The Kier molecular flexibility index (Phi) is 5.08. The summed E-state index contributed by atoms with van der Waals surface area (Å²) in [6, 6.07) is 4.33. The number of nitrogens with zero attached hydrogens (tertiary/aromatic N) is 1. The van der Waals surface area contributed by atoms with Gasteiger partial charge in [0, 0.05) is 12.2 Å². The predicted molar refractivity (Wildman–Crippen MR) is 92.2 cm³/mol. The molecule has 0 radical (unpaired) electrons. The number of ether oxygens (including phenoxy) is 1. The van der Waals surface area contributed by atoms with Gasteiger partial charge in [-0.15, -0.1) is 11.8 Å². The van der Waals surface area contributed by atoms with Crippen LogP contribution >= 0.6 is 11.8 Å². The second kappa shape index (κ2) is 7.14. The summed E-state index contributed by atoms with van der Waals surface area (Å²) in [6.07, 6.45) is -0.205. The molecule has 2 fully saturated rings. The van der Waals surface area contributed by atoms with Crippen LogP contribution < -0.4 is 10.1 Å². The largest absolute Gasteiger partial charge is 0.478 e. The summed E-state index contributed by atoms with van der Waals surface area (Å²) in [6.45, 7) is 1.68. The lowest BCUT2D eigenvalue weighted by Gasteiger charge is -2.30. The van der Waals surface area contributed by atoms with Gasteiger partial charge >= 0.3 is 5.97 Å². The molecule has 2 amide bonds. The molecule has 1 aromatic rings. The van der Waals surface area contributed by atoms with Crippen molar-refractivity contribution in [3.63, 3.8) is 0 Å². The van der Waals surface area contributed by atoms with Crippen LogP contribution in [0.5, 0.6) is 5.75 Å². The fourth-order valence-corrected chi connectivity index (χ4v) is 4.61. The topological polar surface area (TPSA) is 95.9 Å². The van der Waals surface area contributed by atoms with Gasteiger partial charge in [-0.05, 0) is 37.6 Å². The standard InChI is InChI=1S/C17H19FN2O5S/c1-17-7-6-14(21)20(17)12(9-26-17)15(22)19-8-13(16(23)24)25-11-4-2-10(18)3-5-11/h2-5,12-13H,6-9H2,1H3,(H,19,22)(H,23,24). The molecule has 2 N–H and O–H groups in total. The fourth-order valence-electron chi connectivity index (χ4n) is 3.18. The van der Waals surface area contributed by atoms with Gasteiger partial charge in [-0.3, -0.25) is 9.59 Å². The smallest absolute Gasteiger partial charge is 0.346 e. The van der Waals surface area contributed by atoms with E-state index in [1.807, 2.05) is 6.92 Å². The Morgan fingerprint density at radius 3 is 2.81 bits per heavy atom. The minimum absolute atomic E-state index is 0.0602. The van der Waals surface area contributed by atoms with Gasteiger partial charge in [-0.25, -0.2) is 9.18 Å². The van der Waals surface area contributed by atoms with Crippen molar-refractivity contribution in [2.45, 2.75) is 36.8 Å². The number of carbonyl (C=O) groups excluding carboxylic acids is 2. The van der Waals surface area contributed by atoms with Gasteiger partial charge in [-0.1, -0.05) is 0 Å². The first-order chi connectivity index (χ1) is 12.3. The van der Waals surface area contributed by atoms with Crippen LogP contribution in [0, 0.1) is 5.82 Å². The SMILES string of the molecule is CC12CCC(=O)N1C(C(=O)NCC(Oc1ccc(F)cc1)C(=O)O)CS2. The Bertz CT molecular complexity index is 728. The molecule has 3 unspecified atom stereocenters. The zero-order chi connectivity index (χ0) is 18.9. The molecule has 3 atom stereocenters. The summed E-state index contributed by atoms with van der Waals surface area (Å²) in [7, 11) is 0. The van der Waals surface area contributed by atoms with Crippen LogP contribution in [0.15, 0.2) is 24.3 Å². The van der Waals surface area contributed by atoms with Crippen LogP contribution in [-0.2, 0) is 14.4 Å². The molecule has 140 valence electrons. The minimum atomic E-state index is -1.32. The number of amides is 2. The van der Waals surface area contributed by atoms with Crippen LogP contribution in [0.2, 0.25) is 0 Å². The van der Waals surface area contributed by atoms with Crippen molar-refractivity contribution in [2.75, 3.05) is 12.3 Å². The molecule has 2 aliphatic heterocycles. The number of carboxylic acids is 1. The molecule has 0 spiro atoms. The lowest BCUT2D eigenvalue weighted by Crippen LogP contribution is -2.52. The Hall–Kier alpha value is -2.29. The first-order valence-electron chi connectivity index (χ1n) is 8.19. The molecule has 26 heavy (non-hydrogen) atoms. The maximum absolute atomic E-state index is 12.9. The van der Waals surface area contributed by atoms with E-state index in [-0.39, 0.29) is 23.1 Å². The number of thioether (sulfide) groups is 1. The second-order valence-electron chi connectivity index (χ2n) is 6.41. The van der Waals surface area contributed by atoms with Crippen LogP contribution in [0.1, 0.15) is 19.8 Å². The summed E-state index contributed by atoms with van der Waals surface area (Å²) in [5.74, 6) is -1.51. The molecule has 0 bridgehead atoms. The molecule has 9 heteroatoms. The van der Waals surface area contributed by atoms with E-state index in [2.05, 4.69) is 5.32 Å². The van der Waals surface area contributed by atoms with Gasteiger partial charge in [-0.2, -0.15) is 0 Å². The molecular formula is C17H19FN2O5S. The van der Waals surface area contributed by atoms with Crippen molar-refractivity contribution in [1.29, 1.82) is 0 Å². The number of hydrogen-bond donors (Lipinski definition) is 2. The highest BCUT2D eigenvalue weighted by Crippen LogP contribution is 2.47. The first kappa shape index (κ1) is 18.5. The number of halogens is 1. The number of carbonyl (C=O) groups is 3. The van der Waals surface area contributed by atoms with Crippen LogP contribution in [0.4, 0.5) is 4.39 Å². The van der Waals surface area contributed by atoms with E-state index in [1.165, 1.54) is 12.1 Å². The summed E-state index contributed by atoms with van der Waals surface area (Å²) >= 11 is 1.56. The first-order valence-corrected chi connectivity index (χ1v) is 9.17.